The lowest BCUT2D eigenvalue weighted by molar-refractivity contribution is 0.0929. The van der Waals surface area contributed by atoms with Crippen LogP contribution in [0.5, 0.6) is 0 Å². The third-order valence-electron chi connectivity index (χ3n) is 4.01. The lowest BCUT2D eigenvalue weighted by Gasteiger charge is -2.38. The molecule has 0 amide bonds. The number of nitrogens with zero attached hydrogens (tertiary/aromatic N) is 1. The number of benzene rings is 1. The molecule has 1 aliphatic heterocycles. The predicted molar refractivity (Wildman–Crippen MR) is 80.7 cm³/mol. The highest BCUT2D eigenvalue weighted by atomic mass is 16.5. The number of nitrogens with two attached hydrogens (primary N) is 1. The van der Waals surface area contributed by atoms with Gasteiger partial charge < -0.3 is 15.4 Å². The van der Waals surface area contributed by atoms with Crippen molar-refractivity contribution in [3.05, 3.63) is 29.8 Å². The molecule has 0 aromatic heterocycles. The molecule has 0 aliphatic carbocycles. The minimum atomic E-state index is 0.252. The molecule has 2 rings (SSSR count). The minimum absolute atomic E-state index is 0.252. The predicted octanol–water partition coefficient (Wildman–Crippen LogP) is 2.58. The Balaban J connectivity index is 2.22. The number of rotatable bonds is 5. The van der Waals surface area contributed by atoms with Crippen LogP contribution in [0.25, 0.3) is 0 Å². The average molecular weight is 262 g/mol. The van der Waals surface area contributed by atoms with Gasteiger partial charge in [0.05, 0.1) is 19.3 Å². The van der Waals surface area contributed by atoms with Gasteiger partial charge in [0.15, 0.2) is 0 Å². The summed E-state index contributed by atoms with van der Waals surface area (Å²) in [6, 6.07) is 9.43. The molecule has 1 aromatic rings. The summed E-state index contributed by atoms with van der Waals surface area (Å²) in [5.74, 6) is 0. The Kier molecular flexibility index (Phi) is 5.23. The van der Waals surface area contributed by atoms with Gasteiger partial charge in [-0.05, 0) is 30.9 Å². The van der Waals surface area contributed by atoms with Crippen molar-refractivity contribution in [2.24, 2.45) is 5.73 Å². The van der Waals surface area contributed by atoms with Gasteiger partial charge in [-0.25, -0.2) is 0 Å². The zero-order valence-electron chi connectivity index (χ0n) is 12.1. The average Bonchev–Trinajstić information content (AvgIpc) is 2.47. The first-order chi connectivity index (χ1) is 9.26. The van der Waals surface area contributed by atoms with Crippen LogP contribution in [0.1, 0.15) is 32.3 Å². The quantitative estimate of drug-likeness (QED) is 0.886. The minimum Gasteiger partial charge on any atom is -0.377 e. The van der Waals surface area contributed by atoms with E-state index in [0.717, 1.165) is 39.0 Å². The molecule has 3 heteroatoms. The fourth-order valence-corrected chi connectivity index (χ4v) is 2.70. The molecule has 106 valence electrons. The molecule has 1 aliphatic rings. The number of hydrogen-bond donors (Lipinski definition) is 1. The van der Waals surface area contributed by atoms with Crippen molar-refractivity contribution in [3.63, 3.8) is 0 Å². The highest BCUT2D eigenvalue weighted by Crippen LogP contribution is 2.26. The van der Waals surface area contributed by atoms with Gasteiger partial charge in [0.1, 0.15) is 0 Å². The van der Waals surface area contributed by atoms with Crippen molar-refractivity contribution < 1.29 is 4.74 Å². The van der Waals surface area contributed by atoms with Crippen LogP contribution < -0.4 is 10.6 Å². The normalized spacial score (nSPS) is 21.4. The highest BCUT2D eigenvalue weighted by Gasteiger charge is 2.23. The van der Waals surface area contributed by atoms with Crippen LogP contribution in [0.4, 0.5) is 5.69 Å². The monoisotopic (exact) mass is 262 g/mol. The Morgan fingerprint density at radius 1 is 1.37 bits per heavy atom. The van der Waals surface area contributed by atoms with Crippen LogP contribution in [0.2, 0.25) is 0 Å². The van der Waals surface area contributed by atoms with Gasteiger partial charge in [0, 0.05) is 18.3 Å². The Morgan fingerprint density at radius 2 is 2.16 bits per heavy atom. The number of morpholine rings is 1. The Morgan fingerprint density at radius 3 is 2.89 bits per heavy atom. The summed E-state index contributed by atoms with van der Waals surface area (Å²) in [5, 5.41) is 0. The van der Waals surface area contributed by atoms with E-state index in [0.29, 0.717) is 6.04 Å². The first-order valence-corrected chi connectivity index (χ1v) is 7.44. The Labute approximate surface area is 116 Å². The largest absolute Gasteiger partial charge is 0.377 e. The standard InChI is InChI=1S/C16H26N2O/c1-3-14(17)11-13-7-5-6-8-16(13)18-9-10-19-12-15(18)4-2/h5-8,14-15H,3-4,9-12,17H2,1-2H3. The molecule has 0 spiro atoms. The van der Waals surface area contributed by atoms with Crippen LogP contribution >= 0.6 is 0 Å². The van der Waals surface area contributed by atoms with Crippen LogP contribution in [0.15, 0.2) is 24.3 Å². The Hall–Kier alpha value is -1.06. The highest BCUT2D eigenvalue weighted by molar-refractivity contribution is 5.55. The first-order valence-electron chi connectivity index (χ1n) is 7.44. The van der Waals surface area contributed by atoms with E-state index in [1.807, 2.05) is 0 Å². The second-order valence-corrected chi connectivity index (χ2v) is 5.33. The number of hydrogen-bond acceptors (Lipinski definition) is 3. The summed E-state index contributed by atoms with van der Waals surface area (Å²) in [6.45, 7) is 7.02. The molecule has 2 unspecified atom stereocenters. The van der Waals surface area contributed by atoms with E-state index in [2.05, 4.69) is 43.0 Å². The van der Waals surface area contributed by atoms with Gasteiger partial charge in [0.25, 0.3) is 0 Å². The lowest BCUT2D eigenvalue weighted by atomic mass is 10.0. The van der Waals surface area contributed by atoms with Crippen molar-refractivity contribution in [1.29, 1.82) is 0 Å². The molecule has 1 fully saturated rings. The zero-order valence-corrected chi connectivity index (χ0v) is 12.1. The lowest BCUT2D eigenvalue weighted by Crippen LogP contribution is -2.45. The molecular formula is C16H26N2O. The van der Waals surface area contributed by atoms with Crippen LogP contribution in [0, 0.1) is 0 Å². The molecule has 0 radical (unpaired) electrons. The van der Waals surface area contributed by atoms with Crippen LogP contribution in [-0.2, 0) is 11.2 Å². The number of anilines is 1. The van der Waals surface area contributed by atoms with Crippen molar-refractivity contribution in [2.45, 2.75) is 45.2 Å². The van der Waals surface area contributed by atoms with E-state index in [1.54, 1.807) is 0 Å². The second-order valence-electron chi connectivity index (χ2n) is 5.33. The van der Waals surface area contributed by atoms with Crippen LogP contribution in [0.3, 0.4) is 0 Å². The summed E-state index contributed by atoms with van der Waals surface area (Å²) in [4.78, 5) is 2.50. The molecule has 3 nitrogen and oxygen atoms in total. The molecule has 19 heavy (non-hydrogen) atoms. The molecule has 0 saturated carbocycles. The molecule has 0 bridgehead atoms. The molecule has 1 saturated heterocycles. The molecule has 1 aromatic carbocycles. The van der Waals surface area contributed by atoms with Crippen LogP contribution in [-0.4, -0.2) is 31.8 Å². The fourth-order valence-electron chi connectivity index (χ4n) is 2.70. The van der Waals surface area contributed by atoms with Crippen molar-refractivity contribution in [3.8, 4) is 0 Å². The van der Waals surface area contributed by atoms with Crippen molar-refractivity contribution in [2.75, 3.05) is 24.7 Å². The maximum absolute atomic E-state index is 6.13. The van der Waals surface area contributed by atoms with E-state index >= 15 is 0 Å². The van der Waals surface area contributed by atoms with Gasteiger partial charge in [-0.2, -0.15) is 0 Å². The van der Waals surface area contributed by atoms with E-state index < -0.39 is 0 Å². The topological polar surface area (TPSA) is 38.5 Å². The number of para-hydroxylation sites is 1. The summed E-state index contributed by atoms with van der Waals surface area (Å²) in [5.41, 5.74) is 8.85. The van der Waals surface area contributed by atoms with E-state index in [4.69, 9.17) is 10.5 Å². The maximum Gasteiger partial charge on any atom is 0.0670 e. The third kappa shape index (κ3) is 3.48. The smallest absolute Gasteiger partial charge is 0.0670 e. The van der Waals surface area contributed by atoms with E-state index in [9.17, 15) is 0 Å². The Bertz CT molecular complexity index is 394. The van der Waals surface area contributed by atoms with Gasteiger partial charge in [-0.1, -0.05) is 32.0 Å². The third-order valence-corrected chi connectivity index (χ3v) is 4.01. The summed E-state index contributed by atoms with van der Waals surface area (Å²) < 4.78 is 5.60. The van der Waals surface area contributed by atoms with E-state index in [-0.39, 0.29) is 6.04 Å². The number of ether oxygens (including phenoxy) is 1. The van der Waals surface area contributed by atoms with Gasteiger partial charge in [0.2, 0.25) is 0 Å². The summed E-state index contributed by atoms with van der Waals surface area (Å²) >= 11 is 0. The molecule has 2 N–H and O–H groups in total. The van der Waals surface area contributed by atoms with Crippen molar-refractivity contribution >= 4 is 5.69 Å². The first kappa shape index (κ1) is 14.4. The summed E-state index contributed by atoms with van der Waals surface area (Å²) in [6.07, 6.45) is 3.10. The zero-order chi connectivity index (χ0) is 13.7. The van der Waals surface area contributed by atoms with E-state index in [1.165, 1.54) is 11.3 Å². The van der Waals surface area contributed by atoms with Gasteiger partial charge in [-0.15, -0.1) is 0 Å². The fraction of sp³-hybridized carbons (Fsp3) is 0.625. The summed E-state index contributed by atoms with van der Waals surface area (Å²) in [7, 11) is 0. The molecular weight excluding hydrogens is 236 g/mol. The molecule has 1 heterocycles. The maximum atomic E-state index is 6.13. The molecule has 2 atom stereocenters. The van der Waals surface area contributed by atoms with Gasteiger partial charge in [-0.3, -0.25) is 0 Å². The second kappa shape index (κ2) is 6.92. The SMILES string of the molecule is CCC(N)Cc1ccccc1N1CCOCC1CC. The van der Waals surface area contributed by atoms with Gasteiger partial charge >= 0.3 is 0 Å². The van der Waals surface area contributed by atoms with Crippen molar-refractivity contribution in [1.82, 2.24) is 0 Å².